The van der Waals surface area contributed by atoms with E-state index in [-0.39, 0.29) is 11.9 Å². The molecule has 134 valence electrons. The van der Waals surface area contributed by atoms with Crippen LogP contribution in [0.15, 0.2) is 6.33 Å². The number of hydrogen-bond donors (Lipinski definition) is 1. The maximum absolute atomic E-state index is 11.9. The van der Waals surface area contributed by atoms with E-state index in [1.54, 1.807) is 6.33 Å². The van der Waals surface area contributed by atoms with E-state index in [2.05, 4.69) is 26.7 Å². The zero-order valence-corrected chi connectivity index (χ0v) is 15.0. The number of unbranched alkanes of at least 4 members (excludes halogenated alkanes) is 1. The number of anilines is 3. The van der Waals surface area contributed by atoms with Crippen LogP contribution in [0.25, 0.3) is 0 Å². The van der Waals surface area contributed by atoms with Gasteiger partial charge in [-0.3, -0.25) is 4.79 Å². The van der Waals surface area contributed by atoms with Crippen LogP contribution in [-0.4, -0.2) is 49.2 Å². The number of nitrogens with zero attached hydrogens (tertiary/aromatic N) is 4. The summed E-state index contributed by atoms with van der Waals surface area (Å²) in [6.45, 7) is 6.86. The van der Waals surface area contributed by atoms with Crippen molar-refractivity contribution in [1.82, 2.24) is 9.97 Å². The smallest absolute Gasteiger partial charge is 0.309 e. The highest BCUT2D eigenvalue weighted by molar-refractivity contribution is 5.76. The molecule has 0 radical (unpaired) electrons. The fourth-order valence-electron chi connectivity index (χ4n) is 3.02. The molecule has 0 bridgehead atoms. The molecule has 0 atom stereocenters. The molecule has 2 heterocycles. The van der Waals surface area contributed by atoms with Crippen molar-refractivity contribution >= 4 is 23.3 Å². The predicted molar refractivity (Wildman–Crippen MR) is 96.2 cm³/mol. The first kappa shape index (κ1) is 18.3. The summed E-state index contributed by atoms with van der Waals surface area (Å²) in [5.74, 6) is 1.44. The highest BCUT2D eigenvalue weighted by atomic mass is 16.5. The average molecular weight is 335 g/mol. The summed E-state index contributed by atoms with van der Waals surface area (Å²) in [7, 11) is 2.01. The third kappa shape index (κ3) is 4.27. The number of nitrogens with two attached hydrogens (primary N) is 1. The van der Waals surface area contributed by atoms with Crippen molar-refractivity contribution in [2.75, 3.05) is 48.8 Å². The standard InChI is InChI=1S/C17H29N5O2/c1-4-6-9-21(3)15-14(18)16(20-12-19-15)22-10-7-13(8-11-22)17(23)24-5-2/h12-13H,4-11,18H2,1-3H3. The zero-order chi connectivity index (χ0) is 17.5. The van der Waals surface area contributed by atoms with Crippen molar-refractivity contribution in [3.8, 4) is 0 Å². The Labute approximate surface area is 144 Å². The van der Waals surface area contributed by atoms with Crippen LogP contribution < -0.4 is 15.5 Å². The first-order valence-corrected chi connectivity index (χ1v) is 8.81. The Bertz CT molecular complexity index is 544. The van der Waals surface area contributed by atoms with Crippen LogP contribution in [0.4, 0.5) is 17.3 Å². The fourth-order valence-corrected chi connectivity index (χ4v) is 3.02. The van der Waals surface area contributed by atoms with E-state index in [0.29, 0.717) is 12.3 Å². The normalized spacial score (nSPS) is 15.4. The van der Waals surface area contributed by atoms with Gasteiger partial charge >= 0.3 is 5.97 Å². The minimum absolute atomic E-state index is 0.0176. The molecule has 0 spiro atoms. The second-order valence-corrected chi connectivity index (χ2v) is 6.22. The number of hydrogen-bond acceptors (Lipinski definition) is 7. The second-order valence-electron chi connectivity index (χ2n) is 6.22. The molecule has 1 aromatic rings. The van der Waals surface area contributed by atoms with Gasteiger partial charge in [-0.15, -0.1) is 0 Å². The summed E-state index contributed by atoms with van der Waals surface area (Å²) < 4.78 is 5.12. The minimum Gasteiger partial charge on any atom is -0.466 e. The van der Waals surface area contributed by atoms with Crippen molar-refractivity contribution in [2.24, 2.45) is 5.92 Å². The van der Waals surface area contributed by atoms with Gasteiger partial charge in [-0.2, -0.15) is 0 Å². The summed E-state index contributed by atoms with van der Waals surface area (Å²) >= 11 is 0. The Kier molecular flexibility index (Phi) is 6.63. The van der Waals surface area contributed by atoms with E-state index in [4.69, 9.17) is 10.5 Å². The van der Waals surface area contributed by atoms with E-state index in [0.717, 1.165) is 57.0 Å². The Hall–Kier alpha value is -2.05. The maximum atomic E-state index is 11.9. The number of piperidine rings is 1. The molecular weight excluding hydrogens is 306 g/mol. The highest BCUT2D eigenvalue weighted by Gasteiger charge is 2.28. The zero-order valence-electron chi connectivity index (χ0n) is 15.0. The van der Waals surface area contributed by atoms with Crippen molar-refractivity contribution < 1.29 is 9.53 Å². The summed E-state index contributed by atoms with van der Waals surface area (Å²) in [5, 5.41) is 0. The maximum Gasteiger partial charge on any atom is 0.309 e. The van der Waals surface area contributed by atoms with E-state index in [1.807, 2.05) is 14.0 Å². The van der Waals surface area contributed by atoms with Gasteiger partial charge < -0.3 is 20.3 Å². The molecule has 7 nitrogen and oxygen atoms in total. The Morgan fingerprint density at radius 2 is 2.08 bits per heavy atom. The monoisotopic (exact) mass is 335 g/mol. The molecule has 2 N–H and O–H groups in total. The third-order valence-electron chi connectivity index (χ3n) is 4.46. The van der Waals surface area contributed by atoms with Gasteiger partial charge in [0.05, 0.1) is 12.5 Å². The van der Waals surface area contributed by atoms with Crippen molar-refractivity contribution in [3.05, 3.63) is 6.33 Å². The van der Waals surface area contributed by atoms with Crippen LogP contribution in [0.1, 0.15) is 39.5 Å². The van der Waals surface area contributed by atoms with Gasteiger partial charge in [0.2, 0.25) is 0 Å². The first-order valence-electron chi connectivity index (χ1n) is 8.81. The lowest BCUT2D eigenvalue weighted by Gasteiger charge is -2.33. The molecular formula is C17H29N5O2. The molecule has 24 heavy (non-hydrogen) atoms. The molecule has 1 fully saturated rings. The Morgan fingerprint density at radius 1 is 1.38 bits per heavy atom. The quantitative estimate of drug-likeness (QED) is 0.764. The molecule has 0 aromatic carbocycles. The largest absolute Gasteiger partial charge is 0.466 e. The van der Waals surface area contributed by atoms with E-state index < -0.39 is 0 Å². The number of nitrogen functional groups attached to an aromatic ring is 1. The molecule has 2 rings (SSSR count). The van der Waals surface area contributed by atoms with Crippen molar-refractivity contribution in [2.45, 2.75) is 39.5 Å². The third-order valence-corrected chi connectivity index (χ3v) is 4.46. The van der Waals surface area contributed by atoms with E-state index in [1.165, 1.54) is 0 Å². The molecule has 0 aliphatic carbocycles. The van der Waals surface area contributed by atoms with Gasteiger partial charge in [0, 0.05) is 26.7 Å². The predicted octanol–water partition coefficient (Wildman–Crippen LogP) is 2.07. The molecule has 1 saturated heterocycles. The van der Waals surface area contributed by atoms with Crippen LogP contribution in [0, 0.1) is 5.92 Å². The van der Waals surface area contributed by atoms with Crippen molar-refractivity contribution in [1.29, 1.82) is 0 Å². The lowest BCUT2D eigenvalue weighted by molar-refractivity contribution is -0.148. The lowest BCUT2D eigenvalue weighted by Crippen LogP contribution is -2.38. The van der Waals surface area contributed by atoms with Crippen LogP contribution in [-0.2, 0) is 9.53 Å². The summed E-state index contributed by atoms with van der Waals surface area (Å²) in [4.78, 5) is 24.8. The van der Waals surface area contributed by atoms with E-state index >= 15 is 0 Å². The highest BCUT2D eigenvalue weighted by Crippen LogP contribution is 2.31. The van der Waals surface area contributed by atoms with Gasteiger partial charge in [-0.05, 0) is 26.2 Å². The lowest BCUT2D eigenvalue weighted by atomic mass is 9.97. The van der Waals surface area contributed by atoms with Gasteiger partial charge in [0.15, 0.2) is 11.6 Å². The number of rotatable bonds is 7. The molecule has 1 aliphatic rings. The summed E-state index contributed by atoms with van der Waals surface area (Å²) in [6, 6.07) is 0. The van der Waals surface area contributed by atoms with Crippen molar-refractivity contribution in [3.63, 3.8) is 0 Å². The van der Waals surface area contributed by atoms with Crippen LogP contribution >= 0.6 is 0 Å². The first-order chi connectivity index (χ1) is 11.6. The van der Waals surface area contributed by atoms with Gasteiger partial charge in [-0.25, -0.2) is 9.97 Å². The SMILES string of the molecule is CCCCN(C)c1ncnc(N2CCC(C(=O)OCC)CC2)c1N. The summed E-state index contributed by atoms with van der Waals surface area (Å²) in [6.07, 6.45) is 5.33. The average Bonchev–Trinajstić information content (AvgIpc) is 2.60. The topological polar surface area (TPSA) is 84.6 Å². The number of carbonyl (C=O) groups is 1. The fraction of sp³-hybridized carbons (Fsp3) is 0.706. The second kappa shape index (κ2) is 8.70. The molecule has 1 aliphatic heterocycles. The molecule has 0 amide bonds. The Balaban J connectivity index is 2.04. The molecule has 1 aromatic heterocycles. The number of ether oxygens (including phenoxy) is 1. The number of aromatic nitrogens is 2. The van der Waals surface area contributed by atoms with E-state index in [9.17, 15) is 4.79 Å². The minimum atomic E-state index is -0.0900. The summed E-state index contributed by atoms with van der Waals surface area (Å²) in [5.41, 5.74) is 6.95. The molecule has 0 unspecified atom stereocenters. The molecule has 7 heteroatoms. The van der Waals surface area contributed by atoms with Gasteiger partial charge in [0.1, 0.15) is 12.0 Å². The van der Waals surface area contributed by atoms with Gasteiger partial charge in [-0.1, -0.05) is 13.3 Å². The van der Waals surface area contributed by atoms with Crippen LogP contribution in [0.5, 0.6) is 0 Å². The van der Waals surface area contributed by atoms with Gasteiger partial charge in [0.25, 0.3) is 0 Å². The molecule has 0 saturated carbocycles. The van der Waals surface area contributed by atoms with Crippen LogP contribution in [0.3, 0.4) is 0 Å². The number of carbonyl (C=O) groups excluding carboxylic acids is 1. The Morgan fingerprint density at radius 3 is 2.71 bits per heavy atom. The van der Waals surface area contributed by atoms with Crippen LogP contribution in [0.2, 0.25) is 0 Å². The number of esters is 1.